The molecule has 1 unspecified atom stereocenters. The van der Waals surface area contributed by atoms with Crippen LogP contribution in [-0.4, -0.2) is 64.8 Å². The van der Waals surface area contributed by atoms with Crippen molar-refractivity contribution in [2.45, 2.75) is 4.33 Å². The van der Waals surface area contributed by atoms with E-state index < -0.39 is 53.8 Å². The van der Waals surface area contributed by atoms with E-state index in [1.54, 1.807) is 0 Å². The standard InChI is InChI=1S/C3H6N2O12S4.2Na/c6-18(7,8)3(19(9,10)11)4(20(12,13)14)1-2-5(3)21(15,16)17;;/h1-2H,(H,6,7,8)(H,9,10,11)(H,12,13,14)(H,15,16,17);;/q;2*+1/p-2. The van der Waals surface area contributed by atoms with Crippen LogP contribution in [-0.2, 0) is 40.8 Å². The van der Waals surface area contributed by atoms with Gasteiger partial charge in [0.2, 0.25) is 0 Å². The van der Waals surface area contributed by atoms with E-state index in [0.29, 0.717) is 0 Å². The van der Waals surface area contributed by atoms with Crippen LogP contribution < -0.4 is 59.1 Å². The van der Waals surface area contributed by atoms with Crippen LogP contribution >= 0.6 is 0 Å². The minimum absolute atomic E-state index is 0. The molecule has 23 heavy (non-hydrogen) atoms. The molecule has 0 aromatic heterocycles. The first-order valence-corrected chi connectivity index (χ1v) is 9.71. The van der Waals surface area contributed by atoms with Gasteiger partial charge in [-0.05, 0) is 0 Å². The maximum atomic E-state index is 11.2. The molecule has 0 aromatic rings. The minimum atomic E-state index is -6.60. The second kappa shape index (κ2) is 7.31. The summed E-state index contributed by atoms with van der Waals surface area (Å²) >= 11 is 0. The van der Waals surface area contributed by atoms with Crippen LogP contribution in [0.1, 0.15) is 0 Å². The quantitative estimate of drug-likeness (QED) is 0.310. The van der Waals surface area contributed by atoms with Gasteiger partial charge in [-0.2, -0.15) is 21.1 Å². The third kappa shape index (κ3) is 4.39. The average molecular weight is 434 g/mol. The van der Waals surface area contributed by atoms with Gasteiger partial charge >= 0.3 is 83.9 Å². The second-order valence-corrected chi connectivity index (χ2v) is 9.10. The Morgan fingerprint density at radius 1 is 0.783 bits per heavy atom. The van der Waals surface area contributed by atoms with Crippen LogP contribution in [0.3, 0.4) is 0 Å². The van der Waals surface area contributed by atoms with E-state index in [-0.39, 0.29) is 71.5 Å². The third-order valence-corrected chi connectivity index (χ3v) is 7.61. The van der Waals surface area contributed by atoms with Crippen molar-refractivity contribution in [3.8, 4) is 0 Å². The molecule has 0 fully saturated rings. The summed E-state index contributed by atoms with van der Waals surface area (Å²) in [5, 5.41) is 0. The van der Waals surface area contributed by atoms with E-state index in [4.69, 9.17) is 9.11 Å². The fourth-order valence-corrected chi connectivity index (χ4v) is 7.03. The summed E-state index contributed by atoms with van der Waals surface area (Å²) in [6, 6.07) is 0. The molecule has 0 amide bonds. The zero-order chi connectivity index (χ0) is 17.1. The molecule has 0 aromatic carbocycles. The molecular weight excluding hydrogens is 430 g/mol. The first-order chi connectivity index (χ1) is 8.97. The van der Waals surface area contributed by atoms with Crippen molar-refractivity contribution < 1.29 is 111 Å². The van der Waals surface area contributed by atoms with Crippen molar-refractivity contribution in [1.82, 2.24) is 8.61 Å². The van der Waals surface area contributed by atoms with Crippen molar-refractivity contribution >= 4 is 40.8 Å². The third-order valence-electron chi connectivity index (χ3n) is 2.05. The van der Waals surface area contributed by atoms with Crippen molar-refractivity contribution in [2.24, 2.45) is 0 Å². The Bertz CT molecular complexity index is 823. The molecule has 0 saturated carbocycles. The van der Waals surface area contributed by atoms with Crippen LogP contribution in [0.2, 0.25) is 0 Å². The molecule has 0 saturated heterocycles. The molecule has 124 valence electrons. The summed E-state index contributed by atoms with van der Waals surface area (Å²) in [7, 11) is -25.0. The van der Waals surface area contributed by atoms with Crippen LogP contribution in [0.25, 0.3) is 0 Å². The summed E-state index contributed by atoms with van der Waals surface area (Å²) in [5.74, 6) is 0. The van der Waals surface area contributed by atoms with Gasteiger partial charge in [-0.1, -0.05) is 0 Å². The Labute approximate surface area is 175 Å². The fraction of sp³-hybridized carbons (Fsp3) is 0.333. The number of nitrogens with zero attached hydrogens (tertiary/aromatic N) is 2. The van der Waals surface area contributed by atoms with Gasteiger partial charge in [-0.25, -0.2) is 21.1 Å². The molecule has 1 rings (SSSR count). The van der Waals surface area contributed by atoms with Gasteiger partial charge in [0.1, 0.15) is 0 Å². The van der Waals surface area contributed by atoms with Gasteiger partial charge in [0.05, 0.1) is 0 Å². The van der Waals surface area contributed by atoms with E-state index in [9.17, 15) is 42.8 Å². The zero-order valence-electron chi connectivity index (χ0n) is 11.2. The predicted molar refractivity (Wildman–Crippen MR) is 58.0 cm³/mol. The van der Waals surface area contributed by atoms with E-state index in [0.717, 1.165) is 0 Å². The topological polar surface area (TPSA) is 230 Å². The van der Waals surface area contributed by atoms with E-state index in [1.807, 2.05) is 0 Å². The predicted octanol–water partition coefficient (Wildman–Crippen LogP) is -9.61. The molecule has 0 bridgehead atoms. The van der Waals surface area contributed by atoms with E-state index in [2.05, 4.69) is 0 Å². The Kier molecular flexibility index (Phi) is 8.33. The van der Waals surface area contributed by atoms with Crippen molar-refractivity contribution in [1.29, 1.82) is 0 Å². The summed E-state index contributed by atoms with van der Waals surface area (Å²) in [5.41, 5.74) is 0. The molecular formula is C3H4N2Na2O12S4. The van der Waals surface area contributed by atoms with Gasteiger partial charge in [-0.3, -0.25) is 9.11 Å². The van der Waals surface area contributed by atoms with Gasteiger partial charge in [0.25, 0.3) is 0 Å². The van der Waals surface area contributed by atoms with Gasteiger partial charge in [0, 0.05) is 12.4 Å². The zero-order valence-corrected chi connectivity index (χ0v) is 18.4. The molecule has 0 spiro atoms. The number of rotatable bonds is 4. The molecule has 20 heteroatoms. The minimum Gasteiger partial charge on any atom is -0.744 e. The molecule has 2 N–H and O–H groups in total. The Morgan fingerprint density at radius 2 is 1.13 bits per heavy atom. The fourth-order valence-electron chi connectivity index (χ4n) is 1.42. The van der Waals surface area contributed by atoms with Crippen molar-refractivity contribution in [3.63, 3.8) is 0 Å². The maximum Gasteiger partial charge on any atom is 1.00 e. The van der Waals surface area contributed by atoms with Crippen LogP contribution in [0.15, 0.2) is 12.4 Å². The Morgan fingerprint density at radius 3 is 1.35 bits per heavy atom. The van der Waals surface area contributed by atoms with Gasteiger partial charge in [0.15, 0.2) is 20.4 Å². The maximum absolute atomic E-state index is 11.2. The molecule has 0 aliphatic carbocycles. The first-order valence-electron chi connectivity index (χ1n) is 4.10. The summed E-state index contributed by atoms with van der Waals surface area (Å²) in [6.07, 6.45) is -0.479. The van der Waals surface area contributed by atoms with Crippen LogP contribution in [0.4, 0.5) is 0 Å². The molecule has 1 atom stereocenters. The first kappa shape index (κ1) is 26.2. The summed E-state index contributed by atoms with van der Waals surface area (Å²) in [6.45, 7) is 0. The average Bonchev–Trinajstić information content (AvgIpc) is 2.53. The van der Waals surface area contributed by atoms with Crippen molar-refractivity contribution in [2.75, 3.05) is 0 Å². The van der Waals surface area contributed by atoms with Crippen LogP contribution in [0.5, 0.6) is 0 Å². The van der Waals surface area contributed by atoms with Gasteiger partial charge in [-0.15, -0.1) is 0 Å². The Balaban J connectivity index is 0. The molecule has 14 nitrogen and oxygen atoms in total. The smallest absolute Gasteiger partial charge is 0.744 e. The second-order valence-electron chi connectivity index (χ2n) is 3.30. The molecule has 0 radical (unpaired) electrons. The van der Waals surface area contributed by atoms with E-state index in [1.165, 1.54) is 0 Å². The normalized spacial score (nSPS) is 22.4. The number of hydrogen-bond acceptors (Lipinski definition) is 10. The van der Waals surface area contributed by atoms with Crippen LogP contribution in [0, 0.1) is 0 Å². The summed E-state index contributed by atoms with van der Waals surface area (Å²) in [4.78, 5) is 0. The van der Waals surface area contributed by atoms with Gasteiger partial charge < -0.3 is 9.11 Å². The van der Waals surface area contributed by atoms with E-state index >= 15 is 0 Å². The monoisotopic (exact) mass is 434 g/mol. The number of hydrogen-bond donors (Lipinski definition) is 2. The summed E-state index contributed by atoms with van der Waals surface area (Å²) < 4.78 is 120. The Hall–Kier alpha value is 0.980. The molecule has 1 heterocycles. The largest absolute Gasteiger partial charge is 1.00 e. The molecule has 1 aliphatic heterocycles. The van der Waals surface area contributed by atoms with Crippen molar-refractivity contribution in [3.05, 3.63) is 12.4 Å². The molecule has 1 aliphatic rings. The SMILES string of the molecule is O=S(=O)([O-])N1C=CN(S(=O)(=O)O)C1(S(=O)(=O)[O-])S(=O)(=O)O.[Na+].[Na+].